The number of hydrogen-bond donors (Lipinski definition) is 2. The quantitative estimate of drug-likeness (QED) is 0.666. The average molecular weight is 280 g/mol. The minimum atomic E-state index is -0.793. The maximum atomic E-state index is 13.1. The van der Waals surface area contributed by atoms with Gasteiger partial charge in [0.25, 0.3) is 5.69 Å². The zero-order valence-electron chi connectivity index (χ0n) is 10.1. The van der Waals surface area contributed by atoms with Gasteiger partial charge in [0.15, 0.2) is 11.6 Å². The number of halogens is 2. The van der Waals surface area contributed by atoms with Gasteiger partial charge in [-0.3, -0.25) is 10.1 Å². The van der Waals surface area contributed by atoms with Crippen molar-refractivity contribution >= 4 is 11.4 Å². The molecule has 2 N–H and O–H groups in total. The SMILES string of the molecule is O=[N+]([O-])c1ccc(F)cc1NCc1cccc(F)c1O. The molecule has 2 aromatic rings. The van der Waals surface area contributed by atoms with Crippen LogP contribution in [-0.4, -0.2) is 10.0 Å². The summed E-state index contributed by atoms with van der Waals surface area (Å²) < 4.78 is 26.2. The molecule has 0 aromatic heterocycles. The van der Waals surface area contributed by atoms with Gasteiger partial charge in [0.05, 0.1) is 4.92 Å². The first-order valence-corrected chi connectivity index (χ1v) is 5.63. The third-order valence-corrected chi connectivity index (χ3v) is 2.69. The highest BCUT2D eigenvalue weighted by Gasteiger charge is 2.15. The maximum absolute atomic E-state index is 13.1. The van der Waals surface area contributed by atoms with Crippen molar-refractivity contribution in [3.63, 3.8) is 0 Å². The molecule has 0 aliphatic rings. The number of phenols is 1. The van der Waals surface area contributed by atoms with E-state index in [1.165, 1.54) is 12.1 Å². The lowest BCUT2D eigenvalue weighted by Crippen LogP contribution is -2.03. The smallest absolute Gasteiger partial charge is 0.292 e. The summed E-state index contributed by atoms with van der Waals surface area (Å²) in [5.41, 5.74) is -0.135. The van der Waals surface area contributed by atoms with Crippen LogP contribution in [0.4, 0.5) is 20.2 Å². The van der Waals surface area contributed by atoms with E-state index in [4.69, 9.17) is 0 Å². The highest BCUT2D eigenvalue weighted by Crippen LogP contribution is 2.27. The van der Waals surface area contributed by atoms with Crippen LogP contribution in [0.3, 0.4) is 0 Å². The molecule has 0 heterocycles. The molecule has 5 nitrogen and oxygen atoms in total. The van der Waals surface area contributed by atoms with E-state index in [2.05, 4.69) is 5.32 Å². The van der Waals surface area contributed by atoms with Crippen LogP contribution in [0, 0.1) is 21.7 Å². The first-order chi connectivity index (χ1) is 9.49. The summed E-state index contributed by atoms with van der Waals surface area (Å²) >= 11 is 0. The zero-order chi connectivity index (χ0) is 14.7. The van der Waals surface area contributed by atoms with Gasteiger partial charge in [-0.25, -0.2) is 8.78 Å². The first-order valence-electron chi connectivity index (χ1n) is 5.63. The van der Waals surface area contributed by atoms with Crippen LogP contribution in [0.5, 0.6) is 5.75 Å². The third-order valence-electron chi connectivity index (χ3n) is 2.69. The molecule has 0 saturated heterocycles. The summed E-state index contributed by atoms with van der Waals surface area (Å²) in [6.07, 6.45) is 0. The summed E-state index contributed by atoms with van der Waals surface area (Å²) in [7, 11) is 0. The number of para-hydroxylation sites is 1. The number of benzene rings is 2. The highest BCUT2D eigenvalue weighted by molar-refractivity contribution is 5.61. The van der Waals surface area contributed by atoms with Gasteiger partial charge in [0.2, 0.25) is 0 Å². The lowest BCUT2D eigenvalue weighted by molar-refractivity contribution is -0.384. The van der Waals surface area contributed by atoms with Crippen molar-refractivity contribution in [1.29, 1.82) is 0 Å². The minimum Gasteiger partial charge on any atom is -0.505 e. The average Bonchev–Trinajstić information content (AvgIpc) is 2.40. The first kappa shape index (κ1) is 13.7. The Bertz CT molecular complexity index is 662. The molecule has 0 unspecified atom stereocenters. The number of nitro groups is 1. The Balaban J connectivity index is 2.24. The van der Waals surface area contributed by atoms with E-state index in [0.717, 1.165) is 24.3 Å². The highest BCUT2D eigenvalue weighted by atomic mass is 19.1. The van der Waals surface area contributed by atoms with Crippen molar-refractivity contribution in [2.75, 3.05) is 5.32 Å². The number of hydrogen-bond acceptors (Lipinski definition) is 4. The number of phenolic OH excluding ortho intramolecular Hbond substituents is 1. The van der Waals surface area contributed by atoms with Crippen LogP contribution < -0.4 is 5.32 Å². The van der Waals surface area contributed by atoms with Crippen molar-refractivity contribution in [3.8, 4) is 5.75 Å². The molecule has 7 heteroatoms. The van der Waals surface area contributed by atoms with Crippen LogP contribution in [0.2, 0.25) is 0 Å². The zero-order valence-corrected chi connectivity index (χ0v) is 10.1. The Kier molecular flexibility index (Phi) is 3.79. The van der Waals surface area contributed by atoms with Crippen molar-refractivity contribution < 1.29 is 18.8 Å². The Morgan fingerprint density at radius 3 is 2.70 bits per heavy atom. The molecular weight excluding hydrogens is 270 g/mol. The molecule has 0 saturated carbocycles. The van der Waals surface area contributed by atoms with Crippen LogP contribution in [-0.2, 0) is 6.54 Å². The van der Waals surface area contributed by atoms with Gasteiger partial charge >= 0.3 is 0 Å². The number of anilines is 1. The normalized spacial score (nSPS) is 10.3. The Hall–Kier alpha value is -2.70. The predicted octanol–water partition coefficient (Wildman–Crippen LogP) is 3.19. The molecule has 0 atom stereocenters. The van der Waals surface area contributed by atoms with Crippen molar-refractivity contribution in [1.82, 2.24) is 0 Å². The molecule has 0 bridgehead atoms. The summed E-state index contributed by atoms with van der Waals surface area (Å²) in [6.45, 7) is -0.0755. The minimum absolute atomic E-state index is 0.0429. The van der Waals surface area contributed by atoms with Gasteiger partial charge < -0.3 is 10.4 Å². The number of nitro benzene ring substituents is 1. The molecule has 0 aliphatic heterocycles. The van der Waals surface area contributed by atoms with Gasteiger partial charge in [0, 0.05) is 24.2 Å². The lowest BCUT2D eigenvalue weighted by atomic mass is 10.2. The third kappa shape index (κ3) is 2.82. The second-order valence-electron chi connectivity index (χ2n) is 4.02. The molecule has 104 valence electrons. The monoisotopic (exact) mass is 280 g/mol. The number of nitrogens with one attached hydrogen (secondary N) is 1. The lowest BCUT2D eigenvalue weighted by Gasteiger charge is -2.09. The van der Waals surface area contributed by atoms with Crippen molar-refractivity contribution in [2.45, 2.75) is 6.54 Å². The fraction of sp³-hybridized carbons (Fsp3) is 0.0769. The summed E-state index contributed by atoms with van der Waals surface area (Å²) in [5, 5.41) is 22.9. The number of aromatic hydroxyl groups is 1. The molecule has 20 heavy (non-hydrogen) atoms. The van der Waals surface area contributed by atoms with Crippen LogP contribution in [0.1, 0.15) is 5.56 Å². The number of nitrogens with zero attached hydrogens (tertiary/aromatic N) is 1. The molecule has 0 aliphatic carbocycles. The van der Waals surface area contributed by atoms with Gasteiger partial charge in [-0.15, -0.1) is 0 Å². The van der Waals surface area contributed by atoms with Crippen molar-refractivity contribution in [3.05, 3.63) is 63.7 Å². The largest absolute Gasteiger partial charge is 0.505 e. The van der Waals surface area contributed by atoms with E-state index < -0.39 is 22.3 Å². The second-order valence-corrected chi connectivity index (χ2v) is 4.02. The summed E-state index contributed by atoms with van der Waals surface area (Å²) in [4.78, 5) is 10.1. The van der Waals surface area contributed by atoms with Gasteiger partial charge in [-0.1, -0.05) is 12.1 Å². The molecular formula is C13H10F2N2O3. The Labute approximate surface area is 112 Å². The van der Waals surface area contributed by atoms with E-state index in [-0.39, 0.29) is 23.5 Å². The standard InChI is InChI=1S/C13H10F2N2O3/c14-9-4-5-12(17(19)20)11(6-9)16-7-8-2-1-3-10(15)13(8)18/h1-6,16,18H,7H2. The molecule has 2 aromatic carbocycles. The van der Waals surface area contributed by atoms with Crippen molar-refractivity contribution in [2.24, 2.45) is 0 Å². The topological polar surface area (TPSA) is 75.4 Å². The predicted molar refractivity (Wildman–Crippen MR) is 68.4 cm³/mol. The number of rotatable bonds is 4. The van der Waals surface area contributed by atoms with Gasteiger partial charge in [0.1, 0.15) is 11.5 Å². The van der Waals surface area contributed by atoms with E-state index in [1.54, 1.807) is 0 Å². The molecule has 0 fully saturated rings. The fourth-order valence-corrected chi connectivity index (χ4v) is 1.70. The van der Waals surface area contributed by atoms with Crippen LogP contribution in [0.15, 0.2) is 36.4 Å². The molecule has 2 rings (SSSR count). The van der Waals surface area contributed by atoms with E-state index in [9.17, 15) is 24.0 Å². The van der Waals surface area contributed by atoms with Crippen LogP contribution in [0.25, 0.3) is 0 Å². The fourth-order valence-electron chi connectivity index (χ4n) is 1.70. The van der Waals surface area contributed by atoms with E-state index >= 15 is 0 Å². The van der Waals surface area contributed by atoms with Crippen LogP contribution >= 0.6 is 0 Å². The second kappa shape index (κ2) is 5.52. The van der Waals surface area contributed by atoms with E-state index in [0.29, 0.717) is 0 Å². The van der Waals surface area contributed by atoms with E-state index in [1.807, 2.05) is 0 Å². The molecule has 0 spiro atoms. The van der Waals surface area contributed by atoms with Gasteiger partial charge in [-0.05, 0) is 12.1 Å². The van der Waals surface area contributed by atoms with Gasteiger partial charge in [-0.2, -0.15) is 0 Å². The summed E-state index contributed by atoms with van der Waals surface area (Å²) in [5.74, 6) is -1.97. The Morgan fingerprint density at radius 2 is 2.00 bits per heavy atom. The molecule has 0 radical (unpaired) electrons. The molecule has 0 amide bonds. The maximum Gasteiger partial charge on any atom is 0.292 e. The Morgan fingerprint density at radius 1 is 1.25 bits per heavy atom. The summed E-state index contributed by atoms with van der Waals surface area (Å²) in [6, 6.07) is 6.91.